The van der Waals surface area contributed by atoms with Gasteiger partial charge in [0.25, 0.3) is 0 Å². The van der Waals surface area contributed by atoms with Crippen molar-refractivity contribution in [1.82, 2.24) is 0 Å². The van der Waals surface area contributed by atoms with E-state index in [0.29, 0.717) is 11.5 Å². The molecule has 0 aromatic heterocycles. The number of hydrogen-bond acceptors (Lipinski definition) is 12. The first-order chi connectivity index (χ1) is 28.0. The van der Waals surface area contributed by atoms with E-state index in [0.717, 1.165) is 40.0 Å². The molecule has 5 aliphatic rings. The van der Waals surface area contributed by atoms with Gasteiger partial charge in [0.1, 0.15) is 23.0 Å². The van der Waals surface area contributed by atoms with Gasteiger partial charge in [-0.1, -0.05) is 12.1 Å². The first kappa shape index (κ1) is 44.4. The number of fused-ring (bicyclic) bond motifs is 2. The molecule has 318 valence electrons. The van der Waals surface area contributed by atoms with E-state index in [1.54, 1.807) is 0 Å². The monoisotopic (exact) mass is 934 g/mol. The first-order valence-electron chi connectivity index (χ1n) is 20.1. The first-order valence-corrected chi connectivity index (χ1v) is 21.2. The average Bonchev–Trinajstić information content (AvgIpc) is 3.96. The fourth-order valence-corrected chi connectivity index (χ4v) is 6.69. The largest absolute Gasteiger partial charge is 0.494 e. The van der Waals surface area contributed by atoms with Crippen molar-refractivity contribution in [3.05, 3.63) is 88.5 Å². The number of halogens is 1. The summed E-state index contributed by atoms with van der Waals surface area (Å²) >= 11 is 2.26. The molecule has 0 N–H and O–H groups in total. The van der Waals surface area contributed by atoms with Crippen LogP contribution >= 0.6 is 22.6 Å². The second-order valence-corrected chi connectivity index (χ2v) is 19.3. The molecule has 3 saturated heterocycles. The lowest BCUT2D eigenvalue weighted by Gasteiger charge is -2.32. The Morgan fingerprint density at radius 1 is 0.400 bits per heavy atom. The smallest absolute Gasteiger partial charge is 0.457 e. The van der Waals surface area contributed by atoms with Crippen LogP contribution in [0, 0.1) is 3.57 Å². The molecule has 5 heterocycles. The Balaban J connectivity index is 0.000000140. The Morgan fingerprint density at radius 3 is 1.10 bits per heavy atom. The summed E-state index contributed by atoms with van der Waals surface area (Å²) in [6.45, 7) is 24.9. The number of rotatable bonds is 6. The maximum Gasteiger partial charge on any atom is 0.494 e. The summed E-state index contributed by atoms with van der Waals surface area (Å²) in [5, 5.41) is 0. The van der Waals surface area contributed by atoms with E-state index in [1.807, 2.05) is 168 Å². The number of hydrogen-bond donors (Lipinski definition) is 0. The molecule has 0 saturated carbocycles. The van der Waals surface area contributed by atoms with Crippen molar-refractivity contribution in [3.63, 3.8) is 0 Å². The van der Waals surface area contributed by atoms with Gasteiger partial charge in [0, 0.05) is 15.7 Å². The predicted molar refractivity (Wildman–Crippen MR) is 239 cm³/mol. The van der Waals surface area contributed by atoms with Gasteiger partial charge in [-0.3, -0.25) is 0 Å². The molecule has 9 rings (SSSR count). The van der Waals surface area contributed by atoms with Gasteiger partial charge in [0.2, 0.25) is 13.6 Å². The fraction of sp³-hybridized carbons (Fsp3) is 0.455. The zero-order valence-corrected chi connectivity index (χ0v) is 38.7. The molecular weight excluding hydrogens is 880 g/mol. The van der Waals surface area contributed by atoms with Crippen molar-refractivity contribution >= 4 is 49.2 Å². The molecule has 4 aromatic rings. The molecule has 0 unspecified atom stereocenters. The molecule has 0 amide bonds. The second kappa shape index (κ2) is 16.6. The highest BCUT2D eigenvalue weighted by Gasteiger charge is 2.63. The zero-order chi connectivity index (χ0) is 43.3. The molecule has 0 bridgehead atoms. The van der Waals surface area contributed by atoms with E-state index in [2.05, 4.69) is 22.6 Å². The van der Waals surface area contributed by atoms with Gasteiger partial charge < -0.3 is 56.3 Å². The van der Waals surface area contributed by atoms with Crippen LogP contribution < -0.4 is 33.9 Å². The molecule has 16 heteroatoms. The summed E-state index contributed by atoms with van der Waals surface area (Å²) in [6.07, 6.45) is 0. The molecule has 0 spiro atoms. The van der Waals surface area contributed by atoms with Crippen LogP contribution in [-0.2, 0) is 27.9 Å². The van der Waals surface area contributed by atoms with E-state index < -0.39 is 14.0 Å². The summed E-state index contributed by atoms with van der Waals surface area (Å²) in [7, 11) is -1.32. The van der Waals surface area contributed by atoms with Crippen molar-refractivity contribution in [2.75, 3.05) is 13.6 Å². The molecule has 4 aromatic carbocycles. The van der Waals surface area contributed by atoms with Crippen LogP contribution in [0.25, 0.3) is 0 Å². The normalized spacial score (nSPS) is 21.4. The van der Waals surface area contributed by atoms with Crippen LogP contribution in [0.3, 0.4) is 0 Å². The number of benzene rings is 4. The van der Waals surface area contributed by atoms with Gasteiger partial charge in [-0.15, -0.1) is 0 Å². The van der Waals surface area contributed by atoms with E-state index in [1.165, 1.54) is 3.57 Å². The topological polar surface area (TPSA) is 111 Å². The molecule has 5 aliphatic heterocycles. The minimum Gasteiger partial charge on any atom is -0.457 e. The van der Waals surface area contributed by atoms with Crippen molar-refractivity contribution in [2.24, 2.45) is 0 Å². The second-order valence-electron chi connectivity index (χ2n) is 18.1. The Hall–Kier alpha value is -3.64. The average molecular weight is 934 g/mol. The van der Waals surface area contributed by atoms with Gasteiger partial charge in [0.05, 0.1) is 33.6 Å². The summed E-state index contributed by atoms with van der Waals surface area (Å²) in [5.41, 5.74) is -1.17. The lowest BCUT2D eigenvalue weighted by molar-refractivity contribution is 0.00578. The predicted octanol–water partition coefficient (Wildman–Crippen LogP) is 9.57. The molecule has 0 atom stereocenters. The minimum absolute atomic E-state index is 0.252. The van der Waals surface area contributed by atoms with Crippen LogP contribution in [0.15, 0.2) is 84.9 Å². The summed E-state index contributed by atoms with van der Waals surface area (Å²) in [6, 6.07) is 26.7. The van der Waals surface area contributed by atoms with Crippen molar-refractivity contribution < 1.29 is 56.3 Å². The standard InChI is InChI=1S/C19H21BO5.C13H9IO3.C12H24B2O4/c1-18(2)19(3,4)25-20(24-18)13-5-7-14(8-6-13)23-15-9-10-16-17(11-15)22-12-21-16;14-9-1-3-10(4-2-9)17-11-5-6-12-13(7-11)16-8-15-12;1-9(2)10(3,4)16-13(15-9)14-17-11(5,6)12(7,8)18-14/h5-11H,12H2,1-4H3;1-7H,8H2;1-8H3. The molecule has 12 nitrogen and oxygen atoms in total. The number of ether oxygens (including phenoxy) is 6. The van der Waals surface area contributed by atoms with Crippen LogP contribution in [0.2, 0.25) is 0 Å². The summed E-state index contributed by atoms with van der Waals surface area (Å²) in [4.78, 5) is 0. The molecule has 60 heavy (non-hydrogen) atoms. The maximum atomic E-state index is 6.07. The summed E-state index contributed by atoms with van der Waals surface area (Å²) in [5.74, 6) is 5.93. The van der Waals surface area contributed by atoms with E-state index in [-0.39, 0.29) is 54.3 Å². The Morgan fingerprint density at radius 2 is 0.717 bits per heavy atom. The maximum absolute atomic E-state index is 6.07. The van der Waals surface area contributed by atoms with E-state index >= 15 is 0 Å². The van der Waals surface area contributed by atoms with Gasteiger partial charge in [0.15, 0.2) is 23.0 Å². The summed E-state index contributed by atoms with van der Waals surface area (Å²) < 4.78 is 70.0. The van der Waals surface area contributed by atoms with E-state index in [9.17, 15) is 0 Å². The van der Waals surface area contributed by atoms with Crippen molar-refractivity contribution in [1.29, 1.82) is 0 Å². The Kier molecular flexibility index (Phi) is 12.3. The van der Waals surface area contributed by atoms with E-state index in [4.69, 9.17) is 56.3 Å². The van der Waals surface area contributed by atoms with Crippen LogP contribution in [-0.4, -0.2) is 68.3 Å². The molecule has 0 radical (unpaired) electrons. The third kappa shape index (κ3) is 9.54. The van der Waals surface area contributed by atoms with Gasteiger partial charge >= 0.3 is 21.1 Å². The highest BCUT2D eigenvalue weighted by atomic mass is 127. The van der Waals surface area contributed by atoms with Crippen molar-refractivity contribution in [2.45, 2.75) is 117 Å². The highest BCUT2D eigenvalue weighted by molar-refractivity contribution is 14.1. The van der Waals surface area contributed by atoms with Gasteiger partial charge in [-0.05, 0) is 172 Å². The highest BCUT2D eigenvalue weighted by Crippen LogP contribution is 2.43. The molecular formula is C44H54B3IO12. The van der Waals surface area contributed by atoms with Crippen LogP contribution in [0.1, 0.15) is 83.1 Å². The molecule has 3 fully saturated rings. The Labute approximate surface area is 368 Å². The lowest BCUT2D eigenvalue weighted by atomic mass is 9.49. The zero-order valence-electron chi connectivity index (χ0n) is 36.5. The fourth-order valence-electron chi connectivity index (χ4n) is 6.33. The lowest BCUT2D eigenvalue weighted by Crippen LogP contribution is -2.41. The van der Waals surface area contributed by atoms with Crippen molar-refractivity contribution in [3.8, 4) is 46.0 Å². The third-order valence-corrected chi connectivity index (χ3v) is 12.9. The van der Waals surface area contributed by atoms with Crippen LogP contribution in [0.4, 0.5) is 0 Å². The SMILES string of the molecule is CC1(C)OB(B2OC(C)(C)C(C)(C)O2)OC1(C)C.CC1(C)OB(c2ccc(Oc3ccc4c(c3)OCO4)cc2)OC1(C)C.Ic1ccc(Oc2ccc3c(c2)OCO3)cc1. The minimum atomic E-state index is -0.476. The van der Waals surface area contributed by atoms with Gasteiger partial charge in [-0.25, -0.2) is 0 Å². The Bertz CT molecular complexity index is 2060. The third-order valence-electron chi connectivity index (χ3n) is 12.1. The van der Waals surface area contributed by atoms with Gasteiger partial charge in [-0.2, -0.15) is 0 Å². The molecule has 0 aliphatic carbocycles. The quantitative estimate of drug-likeness (QED) is 0.136. The van der Waals surface area contributed by atoms with Crippen LogP contribution in [0.5, 0.6) is 46.0 Å².